The lowest BCUT2D eigenvalue weighted by atomic mass is 9.96. The van der Waals surface area contributed by atoms with Gasteiger partial charge in [0.2, 0.25) is 5.91 Å². The van der Waals surface area contributed by atoms with E-state index < -0.39 is 0 Å². The van der Waals surface area contributed by atoms with Crippen LogP contribution in [0, 0.1) is 5.92 Å². The number of oxazole rings is 1. The molecule has 0 bridgehead atoms. The molecule has 3 aromatic rings. The summed E-state index contributed by atoms with van der Waals surface area (Å²) in [6, 6.07) is 18.2. The monoisotopic (exact) mass is 350 g/mol. The summed E-state index contributed by atoms with van der Waals surface area (Å²) in [5, 5.41) is 1.77. The molecule has 1 saturated heterocycles. The second kappa shape index (κ2) is 7.07. The van der Waals surface area contributed by atoms with E-state index in [1.165, 1.54) is 0 Å². The lowest BCUT2D eigenvalue weighted by Gasteiger charge is -2.31. The highest BCUT2D eigenvalue weighted by Gasteiger charge is 2.27. The van der Waals surface area contributed by atoms with E-state index in [4.69, 9.17) is 4.42 Å². The summed E-state index contributed by atoms with van der Waals surface area (Å²) in [6.45, 7) is 1.53. The normalized spacial score (nSPS) is 15.2. The van der Waals surface area contributed by atoms with Gasteiger partial charge in [0, 0.05) is 26.1 Å². The Kier molecular flexibility index (Phi) is 4.48. The van der Waals surface area contributed by atoms with Crippen molar-refractivity contribution in [1.29, 1.82) is 0 Å². The number of carbonyl (C=O) groups is 1. The SMILES string of the molecule is CN(NC(=O)C1CCN(c2nc3ccccc3o2)CC1)c1ccccc1. The first-order valence-electron chi connectivity index (χ1n) is 8.90. The van der Waals surface area contributed by atoms with E-state index in [2.05, 4.69) is 15.3 Å². The summed E-state index contributed by atoms with van der Waals surface area (Å²) in [4.78, 5) is 19.2. The molecule has 1 amide bonds. The third-order valence-electron chi connectivity index (χ3n) is 4.84. The van der Waals surface area contributed by atoms with Crippen LogP contribution in [0.5, 0.6) is 0 Å². The first-order chi connectivity index (χ1) is 12.7. The molecule has 134 valence electrons. The van der Waals surface area contributed by atoms with Gasteiger partial charge >= 0.3 is 0 Å². The minimum Gasteiger partial charge on any atom is -0.423 e. The number of hydrogen-bond acceptors (Lipinski definition) is 5. The molecule has 4 rings (SSSR count). The second-order valence-corrected chi connectivity index (χ2v) is 6.60. The number of piperidine rings is 1. The van der Waals surface area contributed by atoms with Gasteiger partial charge in [-0.05, 0) is 37.1 Å². The van der Waals surface area contributed by atoms with Crippen LogP contribution in [0.1, 0.15) is 12.8 Å². The zero-order chi connectivity index (χ0) is 17.9. The number of nitrogens with one attached hydrogen (secondary N) is 1. The Balaban J connectivity index is 1.35. The van der Waals surface area contributed by atoms with Crippen LogP contribution in [-0.2, 0) is 4.79 Å². The number of rotatable bonds is 4. The Morgan fingerprint density at radius 2 is 1.81 bits per heavy atom. The summed E-state index contributed by atoms with van der Waals surface area (Å²) in [5.41, 5.74) is 5.61. The molecule has 1 fully saturated rings. The number of anilines is 2. The number of fused-ring (bicyclic) bond motifs is 1. The van der Waals surface area contributed by atoms with Crippen molar-refractivity contribution in [3.8, 4) is 0 Å². The summed E-state index contributed by atoms with van der Waals surface area (Å²) in [5.74, 6) is 0.0651. The van der Waals surface area contributed by atoms with Gasteiger partial charge in [0.25, 0.3) is 6.01 Å². The van der Waals surface area contributed by atoms with Crippen LogP contribution in [0.15, 0.2) is 59.0 Å². The van der Waals surface area contributed by atoms with E-state index in [-0.39, 0.29) is 11.8 Å². The van der Waals surface area contributed by atoms with E-state index in [0.29, 0.717) is 6.01 Å². The Morgan fingerprint density at radius 3 is 2.54 bits per heavy atom. The lowest BCUT2D eigenvalue weighted by molar-refractivity contribution is -0.125. The van der Waals surface area contributed by atoms with Crippen molar-refractivity contribution < 1.29 is 9.21 Å². The molecule has 0 saturated carbocycles. The fourth-order valence-corrected chi connectivity index (χ4v) is 3.30. The third kappa shape index (κ3) is 3.35. The van der Waals surface area contributed by atoms with Gasteiger partial charge in [-0.2, -0.15) is 4.98 Å². The van der Waals surface area contributed by atoms with Gasteiger partial charge in [-0.1, -0.05) is 30.3 Å². The van der Waals surface area contributed by atoms with Gasteiger partial charge < -0.3 is 9.32 Å². The number of hydrogen-bond donors (Lipinski definition) is 1. The van der Waals surface area contributed by atoms with Crippen LogP contribution in [-0.4, -0.2) is 31.0 Å². The number of benzene rings is 2. The Hall–Kier alpha value is -3.02. The number of nitrogens with zero attached hydrogens (tertiary/aromatic N) is 3. The van der Waals surface area contributed by atoms with Gasteiger partial charge in [-0.3, -0.25) is 15.2 Å². The average Bonchev–Trinajstić information content (AvgIpc) is 3.13. The Morgan fingerprint density at radius 1 is 1.12 bits per heavy atom. The van der Waals surface area contributed by atoms with Crippen molar-refractivity contribution in [3.05, 3.63) is 54.6 Å². The van der Waals surface area contributed by atoms with Crippen LogP contribution < -0.4 is 15.3 Å². The van der Waals surface area contributed by atoms with E-state index in [1.54, 1.807) is 5.01 Å². The van der Waals surface area contributed by atoms with Crippen molar-refractivity contribution in [3.63, 3.8) is 0 Å². The van der Waals surface area contributed by atoms with Crippen LogP contribution in [0.4, 0.5) is 11.7 Å². The number of para-hydroxylation sites is 3. The molecular formula is C20H22N4O2. The van der Waals surface area contributed by atoms with Gasteiger partial charge in [-0.15, -0.1) is 0 Å². The van der Waals surface area contributed by atoms with Gasteiger partial charge in [0.15, 0.2) is 5.58 Å². The number of hydrazine groups is 1. The molecule has 0 aliphatic carbocycles. The molecule has 1 N–H and O–H groups in total. The molecule has 2 aromatic carbocycles. The lowest BCUT2D eigenvalue weighted by Crippen LogP contribution is -2.46. The fourth-order valence-electron chi connectivity index (χ4n) is 3.30. The summed E-state index contributed by atoms with van der Waals surface area (Å²) >= 11 is 0. The van der Waals surface area contributed by atoms with E-state index in [9.17, 15) is 4.79 Å². The van der Waals surface area contributed by atoms with E-state index in [1.807, 2.05) is 61.6 Å². The van der Waals surface area contributed by atoms with Crippen molar-refractivity contribution in [2.75, 3.05) is 30.0 Å². The Labute approximate surface area is 152 Å². The summed E-state index contributed by atoms with van der Waals surface area (Å²) in [7, 11) is 1.86. The molecule has 1 aromatic heterocycles. The molecule has 0 atom stereocenters. The van der Waals surface area contributed by atoms with E-state index in [0.717, 1.165) is 42.7 Å². The summed E-state index contributed by atoms with van der Waals surface area (Å²) < 4.78 is 5.83. The molecule has 0 radical (unpaired) electrons. The molecule has 6 nitrogen and oxygen atoms in total. The minimum absolute atomic E-state index is 0.00166. The van der Waals surface area contributed by atoms with Crippen LogP contribution in [0.2, 0.25) is 0 Å². The van der Waals surface area contributed by atoms with Gasteiger partial charge in [0.1, 0.15) is 5.52 Å². The standard InChI is InChI=1S/C20H22N4O2/c1-23(16-7-3-2-4-8-16)22-19(25)15-11-13-24(14-12-15)20-21-17-9-5-6-10-18(17)26-20/h2-10,15H,11-14H2,1H3,(H,22,25). The average molecular weight is 350 g/mol. The smallest absolute Gasteiger partial charge is 0.298 e. The van der Waals surface area contributed by atoms with Crippen molar-refractivity contribution in [2.24, 2.45) is 5.92 Å². The van der Waals surface area contributed by atoms with Crippen LogP contribution in [0.3, 0.4) is 0 Å². The van der Waals surface area contributed by atoms with Crippen LogP contribution in [0.25, 0.3) is 11.1 Å². The van der Waals surface area contributed by atoms with Crippen molar-refractivity contribution in [2.45, 2.75) is 12.8 Å². The Bertz CT molecular complexity index is 852. The first kappa shape index (κ1) is 16.4. The molecule has 0 spiro atoms. The maximum atomic E-state index is 12.6. The first-order valence-corrected chi connectivity index (χ1v) is 8.90. The van der Waals surface area contributed by atoms with Crippen molar-refractivity contribution >= 4 is 28.7 Å². The maximum absolute atomic E-state index is 12.6. The minimum atomic E-state index is 0.00166. The molecule has 2 heterocycles. The van der Waals surface area contributed by atoms with E-state index >= 15 is 0 Å². The van der Waals surface area contributed by atoms with Gasteiger partial charge in [-0.25, -0.2) is 0 Å². The predicted octanol–water partition coefficient (Wildman–Crippen LogP) is 3.21. The van der Waals surface area contributed by atoms with Crippen LogP contribution >= 0.6 is 0 Å². The van der Waals surface area contributed by atoms with Crippen molar-refractivity contribution in [1.82, 2.24) is 10.4 Å². The third-order valence-corrected chi connectivity index (χ3v) is 4.84. The zero-order valence-corrected chi connectivity index (χ0v) is 14.8. The largest absolute Gasteiger partial charge is 0.423 e. The number of carbonyl (C=O) groups excluding carboxylic acids is 1. The maximum Gasteiger partial charge on any atom is 0.298 e. The number of amides is 1. The molecule has 1 aliphatic heterocycles. The zero-order valence-electron chi connectivity index (χ0n) is 14.8. The fraction of sp³-hybridized carbons (Fsp3) is 0.300. The highest BCUT2D eigenvalue weighted by Crippen LogP contribution is 2.26. The molecule has 1 aliphatic rings. The second-order valence-electron chi connectivity index (χ2n) is 6.60. The highest BCUT2D eigenvalue weighted by molar-refractivity contribution is 5.80. The quantitative estimate of drug-likeness (QED) is 0.732. The topological polar surface area (TPSA) is 61.6 Å². The summed E-state index contributed by atoms with van der Waals surface area (Å²) in [6.07, 6.45) is 1.57. The molecule has 6 heteroatoms. The molecule has 0 unspecified atom stereocenters. The molecular weight excluding hydrogens is 328 g/mol. The predicted molar refractivity (Wildman–Crippen MR) is 102 cm³/mol. The van der Waals surface area contributed by atoms with Gasteiger partial charge in [0.05, 0.1) is 5.69 Å². The number of aromatic nitrogens is 1. The molecule has 26 heavy (non-hydrogen) atoms. The highest BCUT2D eigenvalue weighted by atomic mass is 16.4.